The van der Waals surface area contributed by atoms with Crippen molar-refractivity contribution in [2.75, 3.05) is 17.7 Å². The maximum Gasteiger partial charge on any atom is 0.407 e. The molecule has 3 N–H and O–H groups in total. The van der Waals surface area contributed by atoms with Gasteiger partial charge in [0, 0.05) is 17.4 Å². The number of nitrogens with one attached hydrogen (secondary N) is 3. The van der Waals surface area contributed by atoms with E-state index in [0.717, 1.165) is 5.56 Å². The van der Waals surface area contributed by atoms with E-state index in [4.69, 9.17) is 20.0 Å². The number of hydrogen-bond acceptors (Lipinski definition) is 6. The van der Waals surface area contributed by atoms with E-state index in [0.29, 0.717) is 29.1 Å². The van der Waals surface area contributed by atoms with E-state index in [1.807, 2.05) is 25.1 Å². The number of alkyl carbamates (subject to hydrolysis) is 1. The Hall–Kier alpha value is -4.24. The predicted octanol–water partition coefficient (Wildman–Crippen LogP) is 4.69. The Morgan fingerprint density at radius 2 is 1.81 bits per heavy atom. The highest BCUT2D eigenvalue weighted by molar-refractivity contribution is 6.00. The van der Waals surface area contributed by atoms with Crippen molar-refractivity contribution in [3.8, 4) is 17.9 Å². The maximum absolute atomic E-state index is 12.4. The molecule has 0 spiro atoms. The second-order valence-corrected chi connectivity index (χ2v) is 6.90. The first-order valence-electron chi connectivity index (χ1n) is 10.00. The van der Waals surface area contributed by atoms with E-state index >= 15 is 0 Å². The average molecular weight is 435 g/mol. The Labute approximate surface area is 186 Å². The van der Waals surface area contributed by atoms with Gasteiger partial charge in [-0.2, -0.15) is 10.5 Å². The molecular formula is C23H25N5O4. The van der Waals surface area contributed by atoms with Gasteiger partial charge in [0.05, 0.1) is 31.2 Å². The second kappa shape index (κ2) is 11.8. The van der Waals surface area contributed by atoms with E-state index in [9.17, 15) is 9.59 Å². The summed E-state index contributed by atoms with van der Waals surface area (Å²) in [5.74, 6) is 0.360. The molecule has 0 aliphatic carbocycles. The zero-order valence-corrected chi connectivity index (χ0v) is 18.1. The number of urea groups is 1. The summed E-state index contributed by atoms with van der Waals surface area (Å²) in [4.78, 5) is 24.4. The van der Waals surface area contributed by atoms with Crippen LogP contribution < -0.4 is 20.7 Å². The lowest BCUT2D eigenvalue weighted by Crippen LogP contribution is -2.31. The second-order valence-electron chi connectivity index (χ2n) is 6.90. The minimum atomic E-state index is -0.606. The van der Waals surface area contributed by atoms with Gasteiger partial charge in [0.1, 0.15) is 17.9 Å². The molecular weight excluding hydrogens is 410 g/mol. The van der Waals surface area contributed by atoms with Crippen molar-refractivity contribution >= 4 is 23.5 Å². The summed E-state index contributed by atoms with van der Waals surface area (Å²) in [6.07, 6.45) is -0.373. The molecule has 2 aromatic carbocycles. The predicted molar refractivity (Wildman–Crippen MR) is 119 cm³/mol. The third kappa shape index (κ3) is 6.92. The molecule has 3 amide bonds. The molecule has 0 aliphatic heterocycles. The number of methoxy groups -OCH3 is 1. The van der Waals surface area contributed by atoms with Crippen molar-refractivity contribution in [3.05, 3.63) is 53.6 Å². The highest BCUT2D eigenvalue weighted by atomic mass is 16.6. The molecule has 0 heterocycles. The van der Waals surface area contributed by atoms with Crippen LogP contribution in [-0.4, -0.2) is 25.3 Å². The van der Waals surface area contributed by atoms with Gasteiger partial charge in [-0.3, -0.25) is 0 Å². The molecule has 0 fully saturated rings. The quantitative estimate of drug-likeness (QED) is 0.550. The van der Waals surface area contributed by atoms with Crippen LogP contribution in [-0.2, 0) is 4.74 Å². The van der Waals surface area contributed by atoms with Gasteiger partial charge >= 0.3 is 12.1 Å². The fourth-order valence-corrected chi connectivity index (χ4v) is 2.86. The number of carbonyl (C=O) groups excluding carboxylic acids is 2. The van der Waals surface area contributed by atoms with Crippen LogP contribution in [0.15, 0.2) is 42.5 Å². The van der Waals surface area contributed by atoms with Crippen molar-refractivity contribution in [3.63, 3.8) is 0 Å². The molecule has 9 nitrogen and oxygen atoms in total. The van der Waals surface area contributed by atoms with Crippen LogP contribution in [0.4, 0.5) is 21.0 Å². The van der Waals surface area contributed by atoms with Crippen LogP contribution in [0.1, 0.15) is 43.9 Å². The molecule has 0 aliphatic rings. The summed E-state index contributed by atoms with van der Waals surface area (Å²) >= 11 is 0. The van der Waals surface area contributed by atoms with Gasteiger partial charge in [-0.15, -0.1) is 0 Å². The van der Waals surface area contributed by atoms with Gasteiger partial charge < -0.3 is 25.4 Å². The largest absolute Gasteiger partial charge is 0.495 e. The number of hydrogen-bond donors (Lipinski definition) is 3. The Morgan fingerprint density at radius 3 is 2.44 bits per heavy atom. The topological polar surface area (TPSA) is 136 Å². The first kappa shape index (κ1) is 24.0. The van der Waals surface area contributed by atoms with Gasteiger partial charge in [0.2, 0.25) is 0 Å². The number of carbonyl (C=O) groups is 2. The smallest absolute Gasteiger partial charge is 0.407 e. The number of rotatable bonds is 8. The van der Waals surface area contributed by atoms with Crippen molar-refractivity contribution in [2.45, 2.75) is 38.8 Å². The molecule has 0 unspecified atom stereocenters. The van der Waals surface area contributed by atoms with E-state index in [1.54, 1.807) is 43.3 Å². The van der Waals surface area contributed by atoms with Crippen LogP contribution >= 0.6 is 0 Å². The molecule has 9 heteroatoms. The number of ether oxygens (including phenoxy) is 2. The molecule has 2 rings (SSSR count). The van der Waals surface area contributed by atoms with Crippen molar-refractivity contribution < 1.29 is 19.1 Å². The number of benzene rings is 2. The lowest BCUT2D eigenvalue weighted by atomic mass is 10.1. The summed E-state index contributed by atoms with van der Waals surface area (Å²) < 4.78 is 10.4. The number of anilines is 2. The third-order valence-corrected chi connectivity index (χ3v) is 4.61. The lowest BCUT2D eigenvalue weighted by Gasteiger charge is -2.18. The Morgan fingerprint density at radius 1 is 1.09 bits per heavy atom. The van der Waals surface area contributed by atoms with Gasteiger partial charge in [0.25, 0.3) is 0 Å². The molecule has 2 aromatic rings. The average Bonchev–Trinajstić information content (AvgIpc) is 2.78. The minimum absolute atomic E-state index is 0.137. The maximum atomic E-state index is 12.4. The zero-order valence-electron chi connectivity index (χ0n) is 18.1. The van der Waals surface area contributed by atoms with E-state index in [2.05, 4.69) is 16.0 Å². The fourth-order valence-electron chi connectivity index (χ4n) is 2.86. The summed E-state index contributed by atoms with van der Waals surface area (Å²) in [6.45, 7) is 3.63. The summed E-state index contributed by atoms with van der Waals surface area (Å²) in [5.41, 5.74) is 2.12. The highest BCUT2D eigenvalue weighted by Crippen LogP contribution is 2.23. The third-order valence-electron chi connectivity index (χ3n) is 4.61. The number of amides is 3. The van der Waals surface area contributed by atoms with Crippen molar-refractivity contribution in [1.82, 2.24) is 5.32 Å². The molecule has 32 heavy (non-hydrogen) atoms. The Balaban J connectivity index is 1.99. The van der Waals surface area contributed by atoms with E-state index < -0.39 is 18.2 Å². The highest BCUT2D eigenvalue weighted by Gasteiger charge is 2.16. The van der Waals surface area contributed by atoms with E-state index in [1.165, 1.54) is 7.11 Å². The monoisotopic (exact) mass is 435 g/mol. The first-order chi connectivity index (χ1) is 15.4. The zero-order chi connectivity index (χ0) is 23.5. The fraction of sp³-hybridized carbons (Fsp3) is 0.304. The summed E-state index contributed by atoms with van der Waals surface area (Å²) in [6, 6.07) is 14.9. The van der Waals surface area contributed by atoms with Gasteiger partial charge in [-0.25, -0.2) is 9.59 Å². The molecule has 0 radical (unpaired) electrons. The molecule has 0 saturated carbocycles. The number of nitrogens with zero attached hydrogens (tertiary/aromatic N) is 2. The molecule has 0 bridgehead atoms. The standard InChI is InChI=1S/C23H25N5O4/c1-4-20(10-11-24)32-23(30)26-15(2)16-6-5-7-18(12-16)27-22(29)28-19-9-8-17(14-25)21(13-19)31-3/h5-9,12-13,15,20H,4,10H2,1-3H3,(H,26,30)(H2,27,28,29)/t15-,20-/m0/s1. The van der Waals surface area contributed by atoms with Crippen LogP contribution in [0.25, 0.3) is 0 Å². The molecule has 0 saturated heterocycles. The van der Waals surface area contributed by atoms with Gasteiger partial charge in [-0.1, -0.05) is 19.1 Å². The van der Waals surface area contributed by atoms with Crippen LogP contribution in [0.5, 0.6) is 5.75 Å². The normalized spacial score (nSPS) is 11.8. The van der Waals surface area contributed by atoms with Crippen LogP contribution in [0, 0.1) is 22.7 Å². The van der Waals surface area contributed by atoms with Crippen LogP contribution in [0.2, 0.25) is 0 Å². The molecule has 166 valence electrons. The lowest BCUT2D eigenvalue weighted by molar-refractivity contribution is 0.0950. The van der Waals surface area contributed by atoms with Crippen LogP contribution in [0.3, 0.4) is 0 Å². The van der Waals surface area contributed by atoms with E-state index in [-0.39, 0.29) is 12.5 Å². The molecule has 2 atom stereocenters. The Kier molecular flexibility index (Phi) is 8.88. The molecule has 0 aromatic heterocycles. The summed E-state index contributed by atoms with van der Waals surface area (Å²) in [7, 11) is 1.45. The number of nitriles is 2. The van der Waals surface area contributed by atoms with Gasteiger partial charge in [-0.05, 0) is 43.2 Å². The Bertz CT molecular complexity index is 1040. The van der Waals surface area contributed by atoms with Crippen molar-refractivity contribution in [1.29, 1.82) is 10.5 Å². The van der Waals surface area contributed by atoms with Gasteiger partial charge in [0.15, 0.2) is 0 Å². The van der Waals surface area contributed by atoms with Crippen molar-refractivity contribution in [2.24, 2.45) is 0 Å². The SMILES string of the molecule is CC[C@@H](CC#N)OC(=O)N[C@@H](C)c1cccc(NC(=O)Nc2ccc(C#N)c(OC)c2)c1. The first-order valence-corrected chi connectivity index (χ1v) is 10.00. The minimum Gasteiger partial charge on any atom is -0.495 e. The summed E-state index contributed by atoms with van der Waals surface area (Å²) in [5, 5.41) is 25.9.